The third-order valence-electron chi connectivity index (χ3n) is 4.69. The molecule has 29 heavy (non-hydrogen) atoms. The minimum Gasteiger partial charge on any atom is -0.382 e. The number of nitrogens with zero attached hydrogens (tertiary/aromatic N) is 3. The Morgan fingerprint density at radius 3 is 2.52 bits per heavy atom. The molecular formula is C21H22FN5O2. The van der Waals surface area contributed by atoms with Gasteiger partial charge in [0.1, 0.15) is 17.4 Å². The van der Waals surface area contributed by atoms with Gasteiger partial charge in [-0.2, -0.15) is 5.26 Å². The van der Waals surface area contributed by atoms with Gasteiger partial charge in [-0.15, -0.1) is 0 Å². The standard InChI is InChI=1S/C21H22FN5O2/c1-2-26-18-8-3-4-9-19(18)27(21(26)29)13-10-20(28)25-12-11-24-17-7-5-6-16(22)15(17)14-23/h3-9,24H,2,10-13H2,1H3,(H,25,28). The van der Waals surface area contributed by atoms with E-state index in [0.717, 1.165) is 11.0 Å². The van der Waals surface area contributed by atoms with E-state index in [1.54, 1.807) is 15.2 Å². The van der Waals surface area contributed by atoms with Gasteiger partial charge in [-0.1, -0.05) is 18.2 Å². The maximum absolute atomic E-state index is 13.6. The number of para-hydroxylation sites is 2. The lowest BCUT2D eigenvalue weighted by Gasteiger charge is -2.10. The number of benzene rings is 2. The van der Waals surface area contributed by atoms with Crippen molar-refractivity contribution in [3.05, 3.63) is 64.3 Å². The van der Waals surface area contributed by atoms with Gasteiger partial charge in [0.2, 0.25) is 5.91 Å². The minimum atomic E-state index is -0.585. The molecule has 0 saturated heterocycles. The van der Waals surface area contributed by atoms with Crippen LogP contribution in [0.3, 0.4) is 0 Å². The Bertz CT molecular complexity index is 1130. The Hall–Kier alpha value is -3.60. The summed E-state index contributed by atoms with van der Waals surface area (Å²) >= 11 is 0. The van der Waals surface area contributed by atoms with Gasteiger partial charge in [0, 0.05) is 32.6 Å². The van der Waals surface area contributed by atoms with Gasteiger partial charge in [-0.25, -0.2) is 9.18 Å². The third-order valence-corrected chi connectivity index (χ3v) is 4.69. The van der Waals surface area contributed by atoms with Crippen LogP contribution in [-0.2, 0) is 17.9 Å². The van der Waals surface area contributed by atoms with Crippen molar-refractivity contribution in [2.45, 2.75) is 26.4 Å². The predicted octanol–water partition coefficient (Wildman–Crippen LogP) is 2.45. The zero-order valence-electron chi connectivity index (χ0n) is 16.1. The van der Waals surface area contributed by atoms with Gasteiger partial charge in [-0.05, 0) is 31.2 Å². The van der Waals surface area contributed by atoms with Crippen molar-refractivity contribution < 1.29 is 9.18 Å². The first kappa shape index (κ1) is 20.1. The first-order chi connectivity index (χ1) is 14.1. The van der Waals surface area contributed by atoms with Crippen LogP contribution >= 0.6 is 0 Å². The Balaban J connectivity index is 1.54. The summed E-state index contributed by atoms with van der Waals surface area (Å²) in [6.07, 6.45) is 0.168. The molecule has 1 heterocycles. The fraction of sp³-hybridized carbons (Fsp3) is 0.286. The molecule has 7 nitrogen and oxygen atoms in total. The maximum Gasteiger partial charge on any atom is 0.329 e. The number of hydrogen-bond donors (Lipinski definition) is 2. The number of carbonyl (C=O) groups excluding carboxylic acids is 1. The van der Waals surface area contributed by atoms with E-state index < -0.39 is 5.82 Å². The van der Waals surface area contributed by atoms with Gasteiger partial charge in [0.05, 0.1) is 16.7 Å². The maximum atomic E-state index is 13.6. The highest BCUT2D eigenvalue weighted by atomic mass is 19.1. The van der Waals surface area contributed by atoms with Crippen LogP contribution in [0, 0.1) is 17.1 Å². The molecule has 0 fully saturated rings. The third kappa shape index (κ3) is 4.29. The molecule has 3 rings (SSSR count). The molecule has 0 aliphatic rings. The lowest BCUT2D eigenvalue weighted by molar-refractivity contribution is -0.121. The highest BCUT2D eigenvalue weighted by Gasteiger charge is 2.12. The molecule has 8 heteroatoms. The summed E-state index contributed by atoms with van der Waals surface area (Å²) in [6, 6.07) is 13.7. The summed E-state index contributed by atoms with van der Waals surface area (Å²) < 4.78 is 16.9. The number of anilines is 1. The highest BCUT2D eigenvalue weighted by Crippen LogP contribution is 2.17. The topological polar surface area (TPSA) is 91.8 Å². The van der Waals surface area contributed by atoms with Gasteiger partial charge < -0.3 is 10.6 Å². The SMILES string of the molecule is CCn1c(=O)n(CCC(=O)NCCNc2cccc(F)c2C#N)c2ccccc21. The molecule has 1 aromatic heterocycles. The van der Waals surface area contributed by atoms with Crippen molar-refractivity contribution in [1.82, 2.24) is 14.5 Å². The van der Waals surface area contributed by atoms with Crippen LogP contribution in [0.4, 0.5) is 10.1 Å². The molecule has 0 aliphatic carbocycles. The molecule has 2 N–H and O–H groups in total. The largest absolute Gasteiger partial charge is 0.382 e. The molecule has 0 atom stereocenters. The summed E-state index contributed by atoms with van der Waals surface area (Å²) in [5, 5.41) is 14.7. The molecule has 0 aliphatic heterocycles. The molecule has 1 amide bonds. The van der Waals surface area contributed by atoms with Crippen molar-refractivity contribution in [2.75, 3.05) is 18.4 Å². The van der Waals surface area contributed by atoms with Gasteiger partial charge in [0.25, 0.3) is 0 Å². The quantitative estimate of drug-likeness (QED) is 0.573. The number of fused-ring (bicyclic) bond motifs is 1. The Kier molecular flexibility index (Phi) is 6.29. The number of amides is 1. The lowest BCUT2D eigenvalue weighted by Crippen LogP contribution is -2.31. The summed E-state index contributed by atoms with van der Waals surface area (Å²) in [6.45, 7) is 3.42. The van der Waals surface area contributed by atoms with Crippen LogP contribution in [0.1, 0.15) is 18.9 Å². The van der Waals surface area contributed by atoms with E-state index >= 15 is 0 Å². The number of halogens is 1. The molecule has 0 bridgehead atoms. The number of aromatic nitrogens is 2. The number of nitrogens with one attached hydrogen (secondary N) is 2. The second kappa shape index (κ2) is 9.06. The number of hydrogen-bond acceptors (Lipinski definition) is 4. The summed E-state index contributed by atoms with van der Waals surface area (Å²) in [5.74, 6) is -0.773. The fourth-order valence-electron chi connectivity index (χ4n) is 3.28. The summed E-state index contributed by atoms with van der Waals surface area (Å²) in [5.41, 5.74) is 1.88. The molecule has 0 spiro atoms. The van der Waals surface area contributed by atoms with E-state index in [-0.39, 0.29) is 30.1 Å². The van der Waals surface area contributed by atoms with Crippen molar-refractivity contribution in [3.8, 4) is 6.07 Å². The smallest absolute Gasteiger partial charge is 0.329 e. The molecule has 3 aromatic rings. The van der Waals surface area contributed by atoms with Crippen molar-refractivity contribution >= 4 is 22.6 Å². The van der Waals surface area contributed by atoms with E-state index in [0.29, 0.717) is 25.3 Å². The van der Waals surface area contributed by atoms with E-state index in [9.17, 15) is 14.0 Å². The van der Waals surface area contributed by atoms with Gasteiger partial charge >= 0.3 is 5.69 Å². The molecular weight excluding hydrogens is 373 g/mol. The van der Waals surface area contributed by atoms with Crippen LogP contribution in [0.15, 0.2) is 47.3 Å². The molecule has 0 saturated carbocycles. The number of nitriles is 1. The van der Waals surface area contributed by atoms with Crippen molar-refractivity contribution in [3.63, 3.8) is 0 Å². The highest BCUT2D eigenvalue weighted by molar-refractivity contribution is 5.78. The van der Waals surface area contributed by atoms with Crippen LogP contribution in [-0.4, -0.2) is 28.1 Å². The first-order valence-electron chi connectivity index (χ1n) is 9.44. The number of rotatable bonds is 8. The van der Waals surface area contributed by atoms with Crippen molar-refractivity contribution in [1.29, 1.82) is 5.26 Å². The van der Waals surface area contributed by atoms with Gasteiger partial charge in [-0.3, -0.25) is 13.9 Å². The molecule has 2 aromatic carbocycles. The monoisotopic (exact) mass is 395 g/mol. The minimum absolute atomic E-state index is 0.0504. The first-order valence-corrected chi connectivity index (χ1v) is 9.44. The molecule has 150 valence electrons. The van der Waals surface area contributed by atoms with Crippen LogP contribution in [0.25, 0.3) is 11.0 Å². The Labute approximate surface area is 167 Å². The van der Waals surface area contributed by atoms with E-state index in [2.05, 4.69) is 10.6 Å². The van der Waals surface area contributed by atoms with Crippen LogP contribution in [0.5, 0.6) is 0 Å². The average molecular weight is 395 g/mol. The van der Waals surface area contributed by atoms with E-state index in [1.807, 2.05) is 37.3 Å². The summed E-state index contributed by atoms with van der Waals surface area (Å²) in [4.78, 5) is 24.7. The molecule has 0 radical (unpaired) electrons. The van der Waals surface area contributed by atoms with Gasteiger partial charge in [0.15, 0.2) is 0 Å². The Morgan fingerprint density at radius 2 is 1.83 bits per heavy atom. The number of aryl methyl sites for hydroxylation is 2. The zero-order chi connectivity index (χ0) is 20.8. The number of carbonyl (C=O) groups is 1. The van der Waals surface area contributed by atoms with Crippen LogP contribution in [0.2, 0.25) is 0 Å². The molecule has 0 unspecified atom stereocenters. The normalized spacial score (nSPS) is 10.7. The van der Waals surface area contributed by atoms with E-state index in [4.69, 9.17) is 5.26 Å². The fourth-order valence-corrected chi connectivity index (χ4v) is 3.28. The van der Waals surface area contributed by atoms with E-state index in [1.165, 1.54) is 12.1 Å². The lowest BCUT2D eigenvalue weighted by atomic mass is 10.2. The van der Waals surface area contributed by atoms with Crippen LogP contribution < -0.4 is 16.3 Å². The predicted molar refractivity (Wildman–Crippen MR) is 109 cm³/mol. The second-order valence-electron chi connectivity index (χ2n) is 6.47. The van der Waals surface area contributed by atoms with Crippen molar-refractivity contribution in [2.24, 2.45) is 0 Å². The zero-order valence-corrected chi connectivity index (χ0v) is 16.1. The Morgan fingerprint density at radius 1 is 1.10 bits per heavy atom. The number of imidazole rings is 1. The average Bonchev–Trinajstić information content (AvgIpc) is 3.00. The second-order valence-corrected chi connectivity index (χ2v) is 6.47. The summed E-state index contributed by atoms with van der Waals surface area (Å²) in [7, 11) is 0.